The molecule has 1 saturated heterocycles. The van der Waals surface area contributed by atoms with Crippen molar-refractivity contribution >= 4 is 29.3 Å². The second-order valence-corrected chi connectivity index (χ2v) is 7.18. The predicted molar refractivity (Wildman–Crippen MR) is 115 cm³/mol. The molecule has 0 spiro atoms. The van der Waals surface area contributed by atoms with E-state index in [2.05, 4.69) is 20.3 Å². The molecular weight excluding hydrogens is 403 g/mol. The van der Waals surface area contributed by atoms with E-state index in [1.165, 1.54) is 19.2 Å². The van der Waals surface area contributed by atoms with Crippen molar-refractivity contribution in [1.29, 1.82) is 0 Å². The summed E-state index contributed by atoms with van der Waals surface area (Å²) >= 11 is 0. The number of benzene rings is 2. The first-order chi connectivity index (χ1) is 14.9. The zero-order valence-electron chi connectivity index (χ0n) is 17.4. The average molecular weight is 428 g/mol. The third-order valence-electron chi connectivity index (χ3n) is 5.07. The highest BCUT2D eigenvalue weighted by atomic mass is 19.1. The largest absolute Gasteiger partial charge is 0.465 e. The Hall–Kier alpha value is -3.62. The highest BCUT2D eigenvalue weighted by molar-refractivity contribution is 5.97. The van der Waals surface area contributed by atoms with E-state index in [0.29, 0.717) is 37.4 Å². The van der Waals surface area contributed by atoms with Crippen molar-refractivity contribution in [3.8, 4) is 0 Å². The van der Waals surface area contributed by atoms with Crippen molar-refractivity contribution in [3.63, 3.8) is 0 Å². The Labute approximate surface area is 180 Å². The van der Waals surface area contributed by atoms with Crippen LogP contribution in [0.4, 0.5) is 20.6 Å². The first-order valence-corrected chi connectivity index (χ1v) is 9.92. The van der Waals surface area contributed by atoms with Gasteiger partial charge in [-0.25, -0.2) is 14.0 Å². The summed E-state index contributed by atoms with van der Waals surface area (Å²) in [5.74, 6) is -1.12. The minimum absolute atomic E-state index is 0.284. The van der Waals surface area contributed by atoms with Gasteiger partial charge in [0.2, 0.25) is 5.91 Å². The normalized spacial score (nSPS) is 14.5. The van der Waals surface area contributed by atoms with Gasteiger partial charge in [-0.2, -0.15) is 0 Å². The number of nitrogens with one attached hydrogen (secondary N) is 2. The molecule has 0 aromatic heterocycles. The number of esters is 1. The fourth-order valence-corrected chi connectivity index (χ4v) is 3.22. The molecule has 1 atom stereocenters. The van der Waals surface area contributed by atoms with Gasteiger partial charge in [-0.05, 0) is 55.5 Å². The molecule has 0 radical (unpaired) electrons. The lowest BCUT2D eigenvalue weighted by Gasteiger charge is -2.36. The van der Waals surface area contributed by atoms with Gasteiger partial charge < -0.3 is 25.2 Å². The summed E-state index contributed by atoms with van der Waals surface area (Å²) in [5.41, 5.74) is 1.79. The number of methoxy groups -OCH3 is 1. The van der Waals surface area contributed by atoms with Gasteiger partial charge in [-0.1, -0.05) is 0 Å². The number of hydrogen-bond acceptors (Lipinski definition) is 5. The Morgan fingerprint density at radius 1 is 0.968 bits per heavy atom. The van der Waals surface area contributed by atoms with Crippen molar-refractivity contribution < 1.29 is 23.5 Å². The summed E-state index contributed by atoms with van der Waals surface area (Å²) in [6.07, 6.45) is 0. The Balaban J connectivity index is 1.47. The summed E-state index contributed by atoms with van der Waals surface area (Å²) in [6.45, 7) is 3.82. The van der Waals surface area contributed by atoms with Crippen LogP contribution in [-0.4, -0.2) is 62.1 Å². The smallest absolute Gasteiger partial charge is 0.337 e. The van der Waals surface area contributed by atoms with Crippen molar-refractivity contribution in [2.45, 2.75) is 13.0 Å². The molecule has 2 aromatic rings. The van der Waals surface area contributed by atoms with Crippen LogP contribution in [-0.2, 0) is 9.53 Å². The molecule has 164 valence electrons. The van der Waals surface area contributed by atoms with Crippen molar-refractivity contribution in [2.24, 2.45) is 0 Å². The second-order valence-electron chi connectivity index (χ2n) is 7.18. The Bertz CT molecular complexity index is 926. The summed E-state index contributed by atoms with van der Waals surface area (Å²) in [5, 5.41) is 5.41. The maximum atomic E-state index is 13.1. The number of piperazine rings is 1. The zero-order chi connectivity index (χ0) is 22.4. The van der Waals surface area contributed by atoms with E-state index in [9.17, 15) is 18.8 Å². The molecule has 2 N–H and O–H groups in total. The number of rotatable bonds is 5. The standard InChI is InChI=1S/C22H25FN4O4/c1-15(20(28)25-18-7-3-16(4-8-18)21(29)31-2)24-22(30)27-13-11-26(12-14-27)19-9-5-17(23)6-10-19/h3-10,15H,11-14H2,1-2H3,(H,24,30)(H,25,28)/t15-/m0/s1. The van der Waals surface area contributed by atoms with Gasteiger partial charge in [0.25, 0.3) is 0 Å². The van der Waals surface area contributed by atoms with E-state index >= 15 is 0 Å². The lowest BCUT2D eigenvalue weighted by atomic mass is 10.2. The quantitative estimate of drug-likeness (QED) is 0.714. The number of anilines is 2. The number of nitrogens with zero attached hydrogens (tertiary/aromatic N) is 2. The second kappa shape index (κ2) is 9.92. The lowest BCUT2D eigenvalue weighted by molar-refractivity contribution is -0.117. The van der Waals surface area contributed by atoms with Crippen LogP contribution in [0.2, 0.25) is 0 Å². The van der Waals surface area contributed by atoms with Gasteiger partial charge in [-0.15, -0.1) is 0 Å². The lowest BCUT2D eigenvalue weighted by Crippen LogP contribution is -2.54. The molecule has 3 rings (SSSR count). The Kier molecular flexibility index (Phi) is 7.07. The summed E-state index contributed by atoms with van der Waals surface area (Å²) in [7, 11) is 1.30. The van der Waals surface area contributed by atoms with Crippen LogP contribution in [0.5, 0.6) is 0 Å². The summed E-state index contributed by atoms with van der Waals surface area (Å²) < 4.78 is 17.7. The molecule has 3 amide bonds. The number of hydrogen-bond donors (Lipinski definition) is 2. The fraction of sp³-hybridized carbons (Fsp3) is 0.318. The topological polar surface area (TPSA) is 91.0 Å². The summed E-state index contributed by atoms with van der Waals surface area (Å²) in [6, 6.07) is 11.5. The molecule has 1 heterocycles. The number of amides is 3. The Morgan fingerprint density at radius 2 is 1.58 bits per heavy atom. The van der Waals surface area contributed by atoms with E-state index in [-0.39, 0.29) is 17.8 Å². The van der Waals surface area contributed by atoms with Crippen LogP contribution in [0.3, 0.4) is 0 Å². The van der Waals surface area contributed by atoms with Gasteiger partial charge in [-0.3, -0.25) is 4.79 Å². The first kappa shape index (κ1) is 22.1. The molecule has 0 saturated carbocycles. The van der Waals surface area contributed by atoms with E-state index in [0.717, 1.165) is 5.69 Å². The molecule has 1 aliphatic rings. The fourth-order valence-electron chi connectivity index (χ4n) is 3.22. The van der Waals surface area contributed by atoms with E-state index < -0.39 is 12.0 Å². The predicted octanol–water partition coefficient (Wildman–Crippen LogP) is 2.47. The minimum atomic E-state index is -0.747. The van der Waals surface area contributed by atoms with Crippen molar-refractivity contribution in [3.05, 3.63) is 59.9 Å². The minimum Gasteiger partial charge on any atom is -0.465 e. The third kappa shape index (κ3) is 5.71. The highest BCUT2D eigenvalue weighted by Crippen LogP contribution is 2.17. The van der Waals surface area contributed by atoms with Crippen molar-refractivity contribution in [2.75, 3.05) is 43.5 Å². The van der Waals surface area contributed by atoms with Crippen LogP contribution in [0, 0.1) is 5.82 Å². The molecule has 9 heteroatoms. The van der Waals surface area contributed by atoms with Gasteiger partial charge >= 0.3 is 12.0 Å². The average Bonchev–Trinajstić information content (AvgIpc) is 2.79. The molecule has 8 nitrogen and oxygen atoms in total. The summed E-state index contributed by atoms with van der Waals surface area (Å²) in [4.78, 5) is 40.1. The monoisotopic (exact) mass is 428 g/mol. The van der Waals surface area contributed by atoms with Crippen LogP contribution in [0.1, 0.15) is 17.3 Å². The van der Waals surface area contributed by atoms with Gasteiger partial charge in [0.1, 0.15) is 11.9 Å². The van der Waals surface area contributed by atoms with Gasteiger partial charge in [0, 0.05) is 37.6 Å². The molecule has 1 fully saturated rings. The van der Waals surface area contributed by atoms with E-state index in [1.807, 2.05) is 0 Å². The van der Waals surface area contributed by atoms with Crippen LogP contribution < -0.4 is 15.5 Å². The number of carbonyl (C=O) groups is 3. The number of carbonyl (C=O) groups excluding carboxylic acids is 3. The number of urea groups is 1. The van der Waals surface area contributed by atoms with Crippen LogP contribution >= 0.6 is 0 Å². The molecule has 31 heavy (non-hydrogen) atoms. The maximum absolute atomic E-state index is 13.1. The van der Waals surface area contributed by atoms with Crippen molar-refractivity contribution in [1.82, 2.24) is 10.2 Å². The molecule has 0 aliphatic carbocycles. The first-order valence-electron chi connectivity index (χ1n) is 9.92. The number of ether oxygens (including phenoxy) is 1. The molecule has 0 unspecified atom stereocenters. The maximum Gasteiger partial charge on any atom is 0.337 e. The Morgan fingerprint density at radius 3 is 2.16 bits per heavy atom. The number of halogens is 1. The van der Waals surface area contributed by atoms with Gasteiger partial charge in [0.15, 0.2) is 0 Å². The van der Waals surface area contributed by atoms with E-state index in [4.69, 9.17) is 0 Å². The molecule has 1 aliphatic heterocycles. The SMILES string of the molecule is COC(=O)c1ccc(NC(=O)[C@H](C)NC(=O)N2CCN(c3ccc(F)cc3)CC2)cc1. The van der Waals surface area contributed by atoms with Crippen LogP contribution in [0.15, 0.2) is 48.5 Å². The highest BCUT2D eigenvalue weighted by Gasteiger charge is 2.24. The molecule has 2 aromatic carbocycles. The molecular formula is C22H25FN4O4. The molecule has 0 bridgehead atoms. The van der Waals surface area contributed by atoms with E-state index in [1.54, 1.807) is 48.2 Å². The third-order valence-corrected chi connectivity index (χ3v) is 5.07. The zero-order valence-corrected chi connectivity index (χ0v) is 17.4. The van der Waals surface area contributed by atoms with Gasteiger partial charge in [0.05, 0.1) is 12.7 Å². The van der Waals surface area contributed by atoms with Crippen LogP contribution in [0.25, 0.3) is 0 Å².